The number of carbonyl (C=O) groups is 2. The quantitative estimate of drug-likeness (QED) is 0.760. The summed E-state index contributed by atoms with van der Waals surface area (Å²) in [5.74, 6) is 0.877. The molecule has 2 aliphatic rings. The van der Waals surface area contributed by atoms with Crippen molar-refractivity contribution in [1.82, 2.24) is 5.32 Å². The molecule has 0 spiro atoms. The van der Waals surface area contributed by atoms with Crippen LogP contribution in [0.25, 0.3) is 0 Å². The summed E-state index contributed by atoms with van der Waals surface area (Å²) < 4.78 is 0. The number of carbonyl (C=O) groups excluding carboxylic acids is 1. The molecule has 2 saturated carbocycles. The van der Waals surface area contributed by atoms with Crippen molar-refractivity contribution in [3.8, 4) is 0 Å². The van der Waals surface area contributed by atoms with Crippen molar-refractivity contribution in [2.45, 2.75) is 45.1 Å². The fraction of sp³-hybridized carbons (Fsp3) is 0.833. The zero-order valence-electron chi connectivity index (χ0n) is 9.61. The molecule has 90 valence electrons. The highest BCUT2D eigenvalue weighted by atomic mass is 16.4. The molecule has 2 bridgehead atoms. The Hall–Kier alpha value is -1.06. The summed E-state index contributed by atoms with van der Waals surface area (Å²) in [5, 5.41) is 11.6. The van der Waals surface area contributed by atoms with Crippen molar-refractivity contribution in [3.05, 3.63) is 0 Å². The van der Waals surface area contributed by atoms with Gasteiger partial charge < -0.3 is 10.4 Å². The molecule has 4 nitrogen and oxygen atoms in total. The van der Waals surface area contributed by atoms with Gasteiger partial charge in [0.15, 0.2) is 0 Å². The summed E-state index contributed by atoms with van der Waals surface area (Å²) in [6.07, 6.45) is 5.61. The number of nitrogens with one attached hydrogen (secondary N) is 1. The van der Waals surface area contributed by atoms with Gasteiger partial charge >= 0.3 is 5.97 Å². The van der Waals surface area contributed by atoms with E-state index in [0.717, 1.165) is 12.3 Å². The number of amides is 1. The van der Waals surface area contributed by atoms with E-state index in [9.17, 15) is 9.59 Å². The van der Waals surface area contributed by atoms with Crippen LogP contribution in [0, 0.1) is 17.8 Å². The number of aliphatic carboxylic acids is 1. The summed E-state index contributed by atoms with van der Waals surface area (Å²) in [6.45, 7) is 1.37. The molecule has 16 heavy (non-hydrogen) atoms. The Kier molecular flexibility index (Phi) is 3.17. The molecule has 1 amide bonds. The van der Waals surface area contributed by atoms with Gasteiger partial charge in [-0.05, 0) is 43.4 Å². The fourth-order valence-corrected chi connectivity index (χ4v) is 3.43. The number of fused-ring (bicyclic) bond motifs is 2. The van der Waals surface area contributed by atoms with E-state index in [2.05, 4.69) is 5.32 Å². The third-order valence-electron chi connectivity index (χ3n) is 4.10. The van der Waals surface area contributed by atoms with Crippen LogP contribution in [0.1, 0.15) is 39.0 Å². The Morgan fingerprint density at radius 3 is 2.56 bits per heavy atom. The molecular formula is C12H19NO3. The van der Waals surface area contributed by atoms with Crippen LogP contribution in [0.5, 0.6) is 0 Å². The second-order valence-electron chi connectivity index (χ2n) is 5.26. The van der Waals surface area contributed by atoms with Crippen LogP contribution < -0.4 is 5.32 Å². The highest BCUT2D eigenvalue weighted by Gasteiger charge is 2.41. The predicted octanol–water partition coefficient (Wildman–Crippen LogP) is 1.40. The number of hydrogen-bond acceptors (Lipinski definition) is 2. The van der Waals surface area contributed by atoms with Crippen molar-refractivity contribution >= 4 is 11.9 Å². The summed E-state index contributed by atoms with van der Waals surface area (Å²) in [6, 6.07) is -0.693. The smallest absolute Gasteiger partial charge is 0.326 e. The van der Waals surface area contributed by atoms with Gasteiger partial charge in [0.25, 0.3) is 0 Å². The van der Waals surface area contributed by atoms with Crippen LogP contribution in [-0.4, -0.2) is 23.0 Å². The van der Waals surface area contributed by atoms with Crippen LogP contribution in [-0.2, 0) is 9.59 Å². The Morgan fingerprint density at radius 1 is 1.38 bits per heavy atom. The molecule has 0 aromatic carbocycles. The molecule has 0 aromatic rings. The minimum Gasteiger partial charge on any atom is -0.480 e. The average Bonchev–Trinajstić information content (AvgIpc) is 2.77. The minimum atomic E-state index is -0.905. The van der Waals surface area contributed by atoms with Gasteiger partial charge in [0.2, 0.25) is 5.91 Å². The van der Waals surface area contributed by atoms with E-state index in [1.165, 1.54) is 26.2 Å². The van der Waals surface area contributed by atoms with Crippen molar-refractivity contribution in [2.75, 3.05) is 0 Å². The van der Waals surface area contributed by atoms with Crippen LogP contribution in [0.4, 0.5) is 0 Å². The number of hydrogen-bond donors (Lipinski definition) is 2. The Balaban J connectivity index is 1.90. The molecule has 0 radical (unpaired) electrons. The number of carboxylic acid groups (broad SMARTS) is 1. The highest BCUT2D eigenvalue weighted by Crippen LogP contribution is 2.49. The molecule has 0 aliphatic heterocycles. The Morgan fingerprint density at radius 2 is 2.12 bits per heavy atom. The molecular weight excluding hydrogens is 206 g/mol. The summed E-state index contributed by atoms with van der Waals surface area (Å²) >= 11 is 0. The largest absolute Gasteiger partial charge is 0.480 e. The van der Waals surface area contributed by atoms with Gasteiger partial charge in [-0.2, -0.15) is 0 Å². The lowest BCUT2D eigenvalue weighted by Crippen LogP contribution is -2.41. The van der Waals surface area contributed by atoms with Crippen molar-refractivity contribution in [1.29, 1.82) is 0 Å². The average molecular weight is 225 g/mol. The summed E-state index contributed by atoms with van der Waals surface area (Å²) in [5.41, 5.74) is 0. The number of carboxylic acids is 1. The topological polar surface area (TPSA) is 66.4 Å². The minimum absolute atomic E-state index is 0.254. The predicted molar refractivity (Wildman–Crippen MR) is 58.8 cm³/mol. The van der Waals surface area contributed by atoms with E-state index >= 15 is 0 Å². The van der Waals surface area contributed by atoms with Crippen molar-refractivity contribution < 1.29 is 14.7 Å². The van der Waals surface area contributed by atoms with Gasteiger partial charge in [-0.3, -0.25) is 4.79 Å². The van der Waals surface area contributed by atoms with Gasteiger partial charge in [0, 0.05) is 6.92 Å². The van der Waals surface area contributed by atoms with Crippen LogP contribution in [0.15, 0.2) is 0 Å². The van der Waals surface area contributed by atoms with Gasteiger partial charge in [0.05, 0.1) is 0 Å². The molecule has 4 unspecified atom stereocenters. The normalized spacial score (nSPS) is 33.7. The van der Waals surface area contributed by atoms with E-state index in [1.54, 1.807) is 0 Å². The first-order chi connectivity index (χ1) is 7.56. The SMILES string of the molecule is CC(=O)NC(CC1CC2CCC1C2)C(=O)O. The van der Waals surface area contributed by atoms with Crippen LogP contribution in [0.3, 0.4) is 0 Å². The molecule has 0 heterocycles. The first-order valence-corrected chi connectivity index (χ1v) is 6.06. The third kappa shape index (κ3) is 2.36. The van der Waals surface area contributed by atoms with E-state index in [4.69, 9.17) is 5.11 Å². The maximum Gasteiger partial charge on any atom is 0.326 e. The second kappa shape index (κ2) is 4.44. The monoisotopic (exact) mass is 225 g/mol. The molecule has 4 atom stereocenters. The summed E-state index contributed by atoms with van der Waals surface area (Å²) in [7, 11) is 0. The fourth-order valence-electron chi connectivity index (χ4n) is 3.43. The molecule has 4 heteroatoms. The van der Waals surface area contributed by atoms with E-state index in [1.807, 2.05) is 0 Å². The Labute approximate surface area is 95.4 Å². The molecule has 2 N–H and O–H groups in total. The van der Waals surface area contributed by atoms with E-state index in [-0.39, 0.29) is 5.91 Å². The molecule has 0 aromatic heterocycles. The van der Waals surface area contributed by atoms with Gasteiger partial charge in [-0.25, -0.2) is 4.79 Å². The third-order valence-corrected chi connectivity index (χ3v) is 4.10. The molecule has 2 rings (SSSR count). The van der Waals surface area contributed by atoms with Crippen molar-refractivity contribution in [2.24, 2.45) is 17.8 Å². The zero-order chi connectivity index (χ0) is 11.7. The standard InChI is InChI=1S/C12H19NO3/c1-7(14)13-11(12(15)16)6-10-5-8-2-3-9(10)4-8/h8-11H,2-6H2,1H3,(H,13,14)(H,15,16). The first-order valence-electron chi connectivity index (χ1n) is 6.06. The van der Waals surface area contributed by atoms with E-state index < -0.39 is 12.0 Å². The lowest BCUT2D eigenvalue weighted by atomic mass is 9.84. The van der Waals surface area contributed by atoms with E-state index in [0.29, 0.717) is 18.3 Å². The second-order valence-corrected chi connectivity index (χ2v) is 5.26. The molecule has 2 fully saturated rings. The zero-order valence-corrected chi connectivity index (χ0v) is 9.61. The maximum absolute atomic E-state index is 11.0. The lowest BCUT2D eigenvalue weighted by molar-refractivity contribution is -0.142. The maximum atomic E-state index is 11.0. The molecule has 0 saturated heterocycles. The van der Waals surface area contributed by atoms with Gasteiger partial charge in [0.1, 0.15) is 6.04 Å². The summed E-state index contributed by atoms with van der Waals surface area (Å²) in [4.78, 5) is 21.9. The van der Waals surface area contributed by atoms with Crippen LogP contribution >= 0.6 is 0 Å². The molecule has 2 aliphatic carbocycles. The van der Waals surface area contributed by atoms with Gasteiger partial charge in [-0.15, -0.1) is 0 Å². The highest BCUT2D eigenvalue weighted by molar-refractivity contribution is 5.82. The Bertz CT molecular complexity index is 303. The first kappa shape index (κ1) is 11.4. The van der Waals surface area contributed by atoms with Gasteiger partial charge in [-0.1, -0.05) is 6.42 Å². The van der Waals surface area contributed by atoms with Crippen molar-refractivity contribution in [3.63, 3.8) is 0 Å². The number of rotatable bonds is 4. The lowest BCUT2D eigenvalue weighted by Gasteiger charge is -2.24. The van der Waals surface area contributed by atoms with Crippen LogP contribution in [0.2, 0.25) is 0 Å².